The average Bonchev–Trinajstić information content (AvgIpc) is 3.54. The van der Waals surface area contributed by atoms with Gasteiger partial charge in [-0.3, -0.25) is 4.98 Å². The van der Waals surface area contributed by atoms with Gasteiger partial charge in [0.05, 0.1) is 35.5 Å². The maximum Gasteiger partial charge on any atom is 0.230 e. The normalized spacial score (nSPS) is 14.1. The molecule has 0 aliphatic carbocycles. The molecule has 9 nitrogen and oxygen atoms in total. The number of rotatable bonds is 4. The third-order valence-corrected chi connectivity index (χ3v) is 6.93. The standard InChI is InChI=1S/C28H20ClN7O2/c1-16-22-23(20-5-3-4-6-21(20)37-2)24-26-32-25(17-11-13-30-14-12-17)34-35(26)15-31-27(24)38-28(22)36(33-16)19-9-7-18(29)8-10-19/h3-15,23H,1-2H3/t23-/m0/s1. The molecule has 2 aromatic carbocycles. The first-order chi connectivity index (χ1) is 18.6. The van der Waals surface area contributed by atoms with Gasteiger partial charge in [0.15, 0.2) is 11.5 Å². The highest BCUT2D eigenvalue weighted by atomic mass is 35.5. The fourth-order valence-corrected chi connectivity index (χ4v) is 5.10. The van der Waals surface area contributed by atoms with E-state index in [0.29, 0.717) is 28.3 Å². The number of nitrogens with zero attached hydrogens (tertiary/aromatic N) is 7. The quantitative estimate of drug-likeness (QED) is 0.296. The molecular weight excluding hydrogens is 502 g/mol. The van der Waals surface area contributed by atoms with Gasteiger partial charge < -0.3 is 9.47 Å². The maximum atomic E-state index is 6.49. The molecule has 0 unspecified atom stereocenters. The van der Waals surface area contributed by atoms with Crippen molar-refractivity contribution in [3.05, 3.63) is 107 Å². The lowest BCUT2D eigenvalue weighted by Crippen LogP contribution is -2.16. The highest BCUT2D eigenvalue weighted by Crippen LogP contribution is 2.51. The summed E-state index contributed by atoms with van der Waals surface area (Å²) in [5, 5.41) is 10.2. The van der Waals surface area contributed by atoms with Gasteiger partial charge in [0.1, 0.15) is 12.1 Å². The van der Waals surface area contributed by atoms with Gasteiger partial charge in [-0.25, -0.2) is 19.2 Å². The topological polar surface area (TPSA) is 92.2 Å². The molecule has 0 spiro atoms. The zero-order chi connectivity index (χ0) is 25.8. The molecule has 5 heterocycles. The zero-order valence-corrected chi connectivity index (χ0v) is 21.2. The molecule has 0 N–H and O–H groups in total. The second-order valence-corrected chi connectivity index (χ2v) is 9.31. The van der Waals surface area contributed by atoms with Crippen LogP contribution in [0.1, 0.15) is 28.3 Å². The largest absolute Gasteiger partial charge is 0.496 e. The first-order valence-electron chi connectivity index (χ1n) is 11.9. The Bertz CT molecular complexity index is 1810. The molecule has 0 saturated carbocycles. The molecule has 1 aliphatic heterocycles. The van der Waals surface area contributed by atoms with Crippen LogP contribution >= 0.6 is 11.6 Å². The summed E-state index contributed by atoms with van der Waals surface area (Å²) in [6.45, 7) is 1.97. The number of hydrogen-bond acceptors (Lipinski definition) is 7. The SMILES string of the molecule is COc1ccccc1[C@H]1c2c(C)nn(-c3ccc(Cl)cc3)c2Oc2ncn3nc(-c4ccncc4)nc3c21. The Labute approximate surface area is 222 Å². The lowest BCUT2D eigenvalue weighted by atomic mass is 9.84. The van der Waals surface area contributed by atoms with Gasteiger partial charge in [-0.2, -0.15) is 5.10 Å². The molecule has 38 heavy (non-hydrogen) atoms. The van der Waals surface area contributed by atoms with E-state index in [1.165, 1.54) is 0 Å². The third kappa shape index (κ3) is 3.43. The molecule has 1 aliphatic rings. The summed E-state index contributed by atoms with van der Waals surface area (Å²) >= 11 is 6.15. The second kappa shape index (κ2) is 8.67. The number of para-hydroxylation sites is 1. The minimum absolute atomic E-state index is 0.323. The number of pyridine rings is 1. The second-order valence-electron chi connectivity index (χ2n) is 8.87. The van der Waals surface area contributed by atoms with Crippen molar-refractivity contribution in [1.29, 1.82) is 0 Å². The van der Waals surface area contributed by atoms with Gasteiger partial charge in [-0.05, 0) is 49.4 Å². The van der Waals surface area contributed by atoms with Crippen LogP contribution in [0.4, 0.5) is 0 Å². The summed E-state index contributed by atoms with van der Waals surface area (Å²) in [6, 6.07) is 19.2. The summed E-state index contributed by atoms with van der Waals surface area (Å²) in [7, 11) is 1.67. The van der Waals surface area contributed by atoms with Crippen molar-refractivity contribution in [3.63, 3.8) is 0 Å². The molecule has 186 valence electrons. The minimum Gasteiger partial charge on any atom is -0.496 e. The van der Waals surface area contributed by atoms with Crippen LogP contribution in [0, 0.1) is 6.92 Å². The lowest BCUT2D eigenvalue weighted by molar-refractivity contribution is 0.393. The zero-order valence-electron chi connectivity index (χ0n) is 20.4. The number of halogens is 1. The molecule has 0 saturated heterocycles. The number of aryl methyl sites for hydroxylation is 1. The maximum absolute atomic E-state index is 6.49. The highest BCUT2D eigenvalue weighted by Gasteiger charge is 2.39. The highest BCUT2D eigenvalue weighted by molar-refractivity contribution is 6.30. The third-order valence-electron chi connectivity index (χ3n) is 6.68. The van der Waals surface area contributed by atoms with Gasteiger partial charge in [0.2, 0.25) is 11.8 Å². The summed E-state index contributed by atoms with van der Waals surface area (Å²) in [6.07, 6.45) is 5.05. The van der Waals surface area contributed by atoms with E-state index in [2.05, 4.69) is 9.97 Å². The molecule has 10 heteroatoms. The van der Waals surface area contributed by atoms with E-state index in [0.717, 1.165) is 39.4 Å². The van der Waals surface area contributed by atoms with E-state index in [1.54, 1.807) is 35.0 Å². The molecule has 0 amide bonds. The number of benzene rings is 2. The van der Waals surface area contributed by atoms with Crippen LogP contribution in [0.15, 0.2) is 79.4 Å². The van der Waals surface area contributed by atoms with Crippen molar-refractivity contribution in [3.8, 4) is 34.6 Å². The summed E-state index contributed by atoms with van der Waals surface area (Å²) in [5.41, 5.74) is 5.77. The Morgan fingerprint density at radius 2 is 1.74 bits per heavy atom. The average molecular weight is 522 g/mol. The smallest absolute Gasteiger partial charge is 0.230 e. The number of methoxy groups -OCH3 is 1. The van der Waals surface area contributed by atoms with Crippen molar-refractivity contribution in [2.24, 2.45) is 0 Å². The van der Waals surface area contributed by atoms with Crippen LogP contribution in [0.25, 0.3) is 22.7 Å². The number of fused-ring (bicyclic) bond motifs is 4. The Morgan fingerprint density at radius 3 is 2.53 bits per heavy atom. The van der Waals surface area contributed by atoms with Crippen LogP contribution in [-0.2, 0) is 0 Å². The van der Waals surface area contributed by atoms with E-state index in [1.807, 2.05) is 67.6 Å². The Balaban J connectivity index is 1.51. The van der Waals surface area contributed by atoms with E-state index in [4.69, 9.17) is 36.3 Å². The van der Waals surface area contributed by atoms with Crippen molar-refractivity contribution < 1.29 is 9.47 Å². The van der Waals surface area contributed by atoms with Crippen molar-refractivity contribution in [1.82, 2.24) is 34.3 Å². The fourth-order valence-electron chi connectivity index (χ4n) is 4.97. The van der Waals surface area contributed by atoms with Crippen LogP contribution in [0.5, 0.6) is 17.5 Å². The molecule has 7 rings (SSSR count). The first kappa shape index (κ1) is 22.4. The molecule has 0 fully saturated rings. The number of ether oxygens (including phenoxy) is 2. The van der Waals surface area contributed by atoms with Gasteiger partial charge in [-0.1, -0.05) is 29.8 Å². The first-order valence-corrected chi connectivity index (χ1v) is 12.3. The van der Waals surface area contributed by atoms with Crippen molar-refractivity contribution >= 4 is 17.2 Å². The Kier molecular flexibility index (Phi) is 5.12. The van der Waals surface area contributed by atoms with Crippen LogP contribution in [0.2, 0.25) is 5.02 Å². The molecule has 1 atom stereocenters. The predicted octanol–water partition coefficient (Wildman–Crippen LogP) is 5.63. The van der Waals surface area contributed by atoms with Gasteiger partial charge >= 0.3 is 0 Å². The monoisotopic (exact) mass is 521 g/mol. The van der Waals surface area contributed by atoms with Crippen LogP contribution in [0.3, 0.4) is 0 Å². The Morgan fingerprint density at radius 1 is 0.947 bits per heavy atom. The van der Waals surface area contributed by atoms with Crippen LogP contribution in [-0.4, -0.2) is 41.5 Å². The minimum atomic E-state index is -0.323. The van der Waals surface area contributed by atoms with E-state index < -0.39 is 0 Å². The van der Waals surface area contributed by atoms with Gasteiger partial charge in [0.25, 0.3) is 0 Å². The number of aromatic nitrogens is 7. The van der Waals surface area contributed by atoms with E-state index in [-0.39, 0.29) is 5.92 Å². The van der Waals surface area contributed by atoms with Gasteiger partial charge in [-0.15, -0.1) is 5.10 Å². The molecule has 4 aromatic heterocycles. The summed E-state index contributed by atoms with van der Waals surface area (Å²) < 4.78 is 15.8. The molecular formula is C28H20ClN7O2. The fraction of sp³-hybridized carbons (Fsp3) is 0.107. The Hall–Kier alpha value is -4.76. The van der Waals surface area contributed by atoms with Crippen LogP contribution < -0.4 is 9.47 Å². The van der Waals surface area contributed by atoms with E-state index in [9.17, 15) is 0 Å². The summed E-state index contributed by atoms with van der Waals surface area (Å²) in [5.74, 6) is 2.01. The number of hydrogen-bond donors (Lipinski definition) is 0. The molecule has 0 radical (unpaired) electrons. The molecule has 6 aromatic rings. The molecule has 0 bridgehead atoms. The van der Waals surface area contributed by atoms with Crippen molar-refractivity contribution in [2.45, 2.75) is 12.8 Å². The predicted molar refractivity (Wildman–Crippen MR) is 141 cm³/mol. The van der Waals surface area contributed by atoms with Gasteiger partial charge in [0, 0.05) is 28.5 Å². The van der Waals surface area contributed by atoms with E-state index >= 15 is 0 Å². The van der Waals surface area contributed by atoms with Crippen molar-refractivity contribution in [2.75, 3.05) is 7.11 Å². The lowest BCUT2D eigenvalue weighted by Gasteiger charge is -2.27. The summed E-state index contributed by atoms with van der Waals surface area (Å²) in [4.78, 5) is 13.7.